The molecule has 198 valence electrons. The van der Waals surface area contributed by atoms with Crippen LogP contribution in [0.5, 0.6) is 5.75 Å². The third-order valence-corrected chi connectivity index (χ3v) is 6.90. The van der Waals surface area contributed by atoms with Gasteiger partial charge >= 0.3 is 19.4 Å². The first-order valence-corrected chi connectivity index (χ1v) is 12.8. The summed E-state index contributed by atoms with van der Waals surface area (Å²) in [5, 5.41) is 13.1. The second-order valence-electron chi connectivity index (χ2n) is 8.43. The number of aromatic amines is 1. The maximum atomic E-state index is 13.8. The van der Waals surface area contributed by atoms with Gasteiger partial charge in [0.25, 0.3) is 5.56 Å². The van der Waals surface area contributed by atoms with E-state index in [0.29, 0.717) is 0 Å². The van der Waals surface area contributed by atoms with Crippen LogP contribution in [0, 0.1) is 5.92 Å². The highest BCUT2D eigenvalue weighted by molar-refractivity contribution is 7.52. The first-order valence-electron chi connectivity index (χ1n) is 11.2. The average Bonchev–Trinajstić information content (AvgIpc) is 3.13. The van der Waals surface area contributed by atoms with E-state index in [-0.39, 0.29) is 5.75 Å². The Morgan fingerprint density at radius 2 is 1.94 bits per heavy atom. The van der Waals surface area contributed by atoms with Crippen LogP contribution in [0.1, 0.15) is 27.0 Å². The van der Waals surface area contributed by atoms with Gasteiger partial charge < -0.3 is 19.1 Å². The summed E-state index contributed by atoms with van der Waals surface area (Å²) in [6, 6.07) is 7.99. The van der Waals surface area contributed by atoms with Crippen LogP contribution in [-0.2, 0) is 23.4 Å². The number of alkyl halides is 1. The normalized spacial score (nSPS) is 24.3. The van der Waals surface area contributed by atoms with Gasteiger partial charge in [0, 0.05) is 18.2 Å². The molecule has 1 fully saturated rings. The van der Waals surface area contributed by atoms with Crippen molar-refractivity contribution in [3.8, 4) is 5.75 Å². The number of halogens is 1. The fourth-order valence-electron chi connectivity index (χ4n) is 3.51. The summed E-state index contributed by atoms with van der Waals surface area (Å²) in [7, 11) is -4.26. The number of H-pyrrole nitrogens is 1. The lowest BCUT2D eigenvalue weighted by Crippen LogP contribution is -2.37. The SMILES string of the molecule is CC(C)OC(=O)[C@H](C)N[P@@](=O)(OC[C@H]1O[C@@H](n2ccc(=O)[nH]c2=O)[C@H](O)[C@@H]1CF)Oc1ccccc1. The maximum Gasteiger partial charge on any atom is 0.459 e. The van der Waals surface area contributed by atoms with E-state index in [9.17, 15) is 28.4 Å². The zero-order chi connectivity index (χ0) is 26.5. The number of para-hydroxylation sites is 1. The largest absolute Gasteiger partial charge is 0.462 e. The molecule has 1 aromatic heterocycles. The highest BCUT2D eigenvalue weighted by Gasteiger charge is 2.46. The fraction of sp³-hybridized carbons (Fsp3) is 0.500. The van der Waals surface area contributed by atoms with Crippen LogP contribution in [0.15, 0.2) is 52.2 Å². The Morgan fingerprint density at radius 3 is 2.56 bits per heavy atom. The number of nitrogens with zero attached hydrogens (tertiary/aromatic N) is 1. The topological polar surface area (TPSA) is 158 Å². The van der Waals surface area contributed by atoms with E-state index in [0.717, 1.165) is 16.8 Å². The molecule has 3 rings (SSSR count). The highest BCUT2D eigenvalue weighted by atomic mass is 31.2. The molecule has 1 saturated heterocycles. The number of benzene rings is 1. The van der Waals surface area contributed by atoms with E-state index in [1.807, 2.05) is 4.98 Å². The molecule has 36 heavy (non-hydrogen) atoms. The number of aliphatic hydroxyl groups is 1. The molecule has 1 aliphatic heterocycles. The van der Waals surface area contributed by atoms with Gasteiger partial charge in [-0.3, -0.25) is 28.1 Å². The van der Waals surface area contributed by atoms with E-state index < -0.39 is 74.7 Å². The Labute approximate surface area is 205 Å². The van der Waals surface area contributed by atoms with E-state index in [1.165, 1.54) is 19.1 Å². The molecule has 1 aliphatic rings. The van der Waals surface area contributed by atoms with Gasteiger partial charge in [-0.2, -0.15) is 5.09 Å². The molecule has 0 spiro atoms. The summed E-state index contributed by atoms with van der Waals surface area (Å²) < 4.78 is 50.2. The van der Waals surface area contributed by atoms with Crippen LogP contribution in [-0.4, -0.2) is 58.3 Å². The van der Waals surface area contributed by atoms with Crippen molar-refractivity contribution in [3.05, 3.63) is 63.4 Å². The quantitative estimate of drug-likeness (QED) is 0.288. The van der Waals surface area contributed by atoms with Gasteiger partial charge in [0.15, 0.2) is 6.23 Å². The average molecular weight is 529 g/mol. The Morgan fingerprint density at radius 1 is 1.25 bits per heavy atom. The van der Waals surface area contributed by atoms with Crippen molar-refractivity contribution in [1.82, 2.24) is 14.6 Å². The number of carbonyl (C=O) groups is 1. The number of hydrogen-bond donors (Lipinski definition) is 3. The summed E-state index contributed by atoms with van der Waals surface area (Å²) in [6.45, 7) is 3.16. The molecule has 0 amide bonds. The monoisotopic (exact) mass is 529 g/mol. The minimum absolute atomic E-state index is 0.171. The van der Waals surface area contributed by atoms with Gasteiger partial charge in [-0.15, -0.1) is 0 Å². The van der Waals surface area contributed by atoms with Crippen LogP contribution in [0.3, 0.4) is 0 Å². The minimum Gasteiger partial charge on any atom is -0.462 e. The van der Waals surface area contributed by atoms with Crippen molar-refractivity contribution >= 4 is 13.7 Å². The molecule has 0 saturated carbocycles. The molecule has 0 bridgehead atoms. The van der Waals surface area contributed by atoms with Crippen LogP contribution in [0.2, 0.25) is 0 Å². The standard InChI is InChI=1S/C22H29FN3O9P/c1-13(2)33-21(29)14(3)25-36(31,35-15-7-5-4-6-8-15)32-12-17-16(11-23)19(28)20(34-17)26-10-9-18(27)24-22(26)30/h4-10,13-14,16-17,19-20,28H,11-12H2,1-3H3,(H,25,31)(H,24,27,30)/t14-,16+,17+,19+,20+,36+/m0/s1. The van der Waals surface area contributed by atoms with Gasteiger partial charge in [-0.1, -0.05) is 18.2 Å². The first-order chi connectivity index (χ1) is 17.0. The lowest BCUT2D eigenvalue weighted by Gasteiger charge is -2.25. The molecule has 14 heteroatoms. The number of nitrogens with one attached hydrogen (secondary N) is 2. The number of ether oxygens (including phenoxy) is 2. The lowest BCUT2D eigenvalue weighted by atomic mass is 10.00. The second kappa shape index (κ2) is 11.9. The number of carbonyl (C=O) groups excluding carboxylic acids is 1. The number of rotatable bonds is 11. The number of hydrogen-bond acceptors (Lipinski definition) is 9. The van der Waals surface area contributed by atoms with Crippen molar-refractivity contribution in [2.75, 3.05) is 13.3 Å². The summed E-state index contributed by atoms with van der Waals surface area (Å²) >= 11 is 0. The third-order valence-electron chi connectivity index (χ3n) is 5.26. The van der Waals surface area contributed by atoms with Gasteiger partial charge in [0.05, 0.1) is 25.5 Å². The predicted octanol–water partition coefficient (Wildman–Crippen LogP) is 1.51. The minimum atomic E-state index is -4.26. The van der Waals surface area contributed by atoms with Gasteiger partial charge in [-0.05, 0) is 32.9 Å². The van der Waals surface area contributed by atoms with Crippen molar-refractivity contribution < 1.29 is 37.4 Å². The predicted molar refractivity (Wildman–Crippen MR) is 125 cm³/mol. The molecule has 0 radical (unpaired) electrons. The van der Waals surface area contributed by atoms with Gasteiger partial charge in [0.2, 0.25) is 0 Å². The Hall–Kier alpha value is -2.83. The molecular formula is C22H29FN3O9P. The highest BCUT2D eigenvalue weighted by Crippen LogP contribution is 2.46. The molecule has 3 N–H and O–H groups in total. The Bertz CT molecular complexity index is 1190. The summed E-state index contributed by atoms with van der Waals surface area (Å²) in [5.41, 5.74) is -1.51. The van der Waals surface area contributed by atoms with Crippen molar-refractivity contribution in [2.45, 2.75) is 51.4 Å². The molecule has 1 aromatic carbocycles. The van der Waals surface area contributed by atoms with E-state index >= 15 is 0 Å². The summed E-state index contributed by atoms with van der Waals surface area (Å²) in [4.78, 5) is 37.8. The molecule has 0 unspecified atom stereocenters. The van der Waals surface area contributed by atoms with Crippen LogP contribution in [0.25, 0.3) is 0 Å². The maximum absolute atomic E-state index is 13.8. The van der Waals surface area contributed by atoms with E-state index in [2.05, 4.69) is 5.09 Å². The smallest absolute Gasteiger partial charge is 0.459 e. The van der Waals surface area contributed by atoms with Gasteiger partial charge in [-0.25, -0.2) is 9.36 Å². The lowest BCUT2D eigenvalue weighted by molar-refractivity contribution is -0.149. The number of aliphatic hydroxyl groups excluding tert-OH is 1. The molecule has 2 heterocycles. The third kappa shape index (κ3) is 6.89. The van der Waals surface area contributed by atoms with Gasteiger partial charge in [0.1, 0.15) is 17.9 Å². The van der Waals surface area contributed by atoms with Crippen molar-refractivity contribution in [1.29, 1.82) is 0 Å². The zero-order valence-electron chi connectivity index (χ0n) is 19.9. The summed E-state index contributed by atoms with van der Waals surface area (Å²) in [6.07, 6.45) is -3.26. The molecule has 12 nitrogen and oxygen atoms in total. The van der Waals surface area contributed by atoms with Crippen LogP contribution >= 0.6 is 7.75 Å². The number of esters is 1. The molecule has 6 atom stereocenters. The molecule has 0 aliphatic carbocycles. The Balaban J connectivity index is 1.79. The van der Waals surface area contributed by atoms with Crippen molar-refractivity contribution in [3.63, 3.8) is 0 Å². The first kappa shape index (κ1) is 27.8. The van der Waals surface area contributed by atoms with Crippen LogP contribution in [0.4, 0.5) is 4.39 Å². The number of aromatic nitrogens is 2. The Kier molecular flexibility index (Phi) is 9.20. The fourth-order valence-corrected chi connectivity index (χ4v) is 5.01. The summed E-state index contributed by atoms with van der Waals surface area (Å²) in [5.74, 6) is -1.68. The molecule has 2 aromatic rings. The van der Waals surface area contributed by atoms with E-state index in [4.69, 9.17) is 18.5 Å². The van der Waals surface area contributed by atoms with Crippen molar-refractivity contribution in [2.24, 2.45) is 5.92 Å². The van der Waals surface area contributed by atoms with Crippen LogP contribution < -0.4 is 20.9 Å². The second-order valence-corrected chi connectivity index (χ2v) is 10.1. The van der Waals surface area contributed by atoms with E-state index in [1.54, 1.807) is 32.0 Å². The zero-order valence-corrected chi connectivity index (χ0v) is 20.8. The molecular weight excluding hydrogens is 500 g/mol.